The standard InChI is InChI=1S/C20H32O/c1-13-9-20-8-7-16-18(2,3)11-15(21)12-19(16,4)17(20)6-5-14(13)10-20/h9,14-17,21H,5-8,10-12H2,1-4H3/t14-,15-,16-,17+,19-,20-/m1/s1. The molecule has 118 valence electrons. The normalized spacial score (nSPS) is 54.6. The van der Waals surface area contributed by atoms with Crippen molar-refractivity contribution in [1.29, 1.82) is 0 Å². The quantitative estimate of drug-likeness (QED) is 0.626. The molecule has 4 aliphatic carbocycles. The summed E-state index contributed by atoms with van der Waals surface area (Å²) in [6, 6.07) is 0. The number of hydrogen-bond donors (Lipinski definition) is 1. The molecule has 3 saturated carbocycles. The van der Waals surface area contributed by atoms with Crippen LogP contribution < -0.4 is 0 Å². The summed E-state index contributed by atoms with van der Waals surface area (Å²) < 4.78 is 0. The van der Waals surface area contributed by atoms with Gasteiger partial charge in [0.25, 0.3) is 0 Å². The van der Waals surface area contributed by atoms with Crippen molar-refractivity contribution in [3.63, 3.8) is 0 Å². The Hall–Kier alpha value is -0.300. The summed E-state index contributed by atoms with van der Waals surface area (Å²) >= 11 is 0. The number of fused-ring (bicyclic) bond motifs is 3. The van der Waals surface area contributed by atoms with Gasteiger partial charge >= 0.3 is 0 Å². The van der Waals surface area contributed by atoms with E-state index >= 15 is 0 Å². The highest BCUT2D eigenvalue weighted by Gasteiger charge is 2.62. The van der Waals surface area contributed by atoms with E-state index in [-0.39, 0.29) is 6.10 Å². The Morgan fingerprint density at radius 1 is 1.00 bits per heavy atom. The third-order valence-corrected chi connectivity index (χ3v) is 8.15. The molecule has 4 rings (SSSR count). The fourth-order valence-electron chi connectivity index (χ4n) is 7.70. The van der Waals surface area contributed by atoms with Gasteiger partial charge in [0.15, 0.2) is 0 Å². The lowest BCUT2D eigenvalue weighted by atomic mass is 9.41. The van der Waals surface area contributed by atoms with E-state index in [9.17, 15) is 5.11 Å². The van der Waals surface area contributed by atoms with Crippen molar-refractivity contribution in [3.05, 3.63) is 11.6 Å². The summed E-state index contributed by atoms with van der Waals surface area (Å²) in [5, 5.41) is 10.5. The van der Waals surface area contributed by atoms with Crippen LogP contribution in [-0.4, -0.2) is 11.2 Å². The third-order valence-electron chi connectivity index (χ3n) is 8.15. The monoisotopic (exact) mass is 288 g/mol. The van der Waals surface area contributed by atoms with Crippen molar-refractivity contribution < 1.29 is 5.11 Å². The zero-order valence-electron chi connectivity index (χ0n) is 14.3. The lowest BCUT2D eigenvalue weighted by molar-refractivity contribution is -0.162. The highest BCUT2D eigenvalue weighted by atomic mass is 16.3. The molecule has 0 heterocycles. The molecular weight excluding hydrogens is 256 g/mol. The molecular formula is C20H32O. The number of rotatable bonds is 0. The zero-order valence-corrected chi connectivity index (χ0v) is 14.3. The second-order valence-corrected chi connectivity index (χ2v) is 9.80. The van der Waals surface area contributed by atoms with Gasteiger partial charge in [-0.1, -0.05) is 32.4 Å². The van der Waals surface area contributed by atoms with Gasteiger partial charge in [-0.05, 0) is 85.9 Å². The fourth-order valence-corrected chi connectivity index (χ4v) is 7.70. The molecule has 1 nitrogen and oxygen atoms in total. The van der Waals surface area contributed by atoms with Crippen LogP contribution in [0.15, 0.2) is 11.6 Å². The SMILES string of the molecule is CC1=C[C@@]23CC[C@@H]4C(C)(C)C[C@@H](O)C[C@@]4(C)[C@@H]2CC[C@@H]1C3. The summed E-state index contributed by atoms with van der Waals surface area (Å²) in [7, 11) is 0. The summed E-state index contributed by atoms with van der Waals surface area (Å²) in [4.78, 5) is 0. The average molecular weight is 288 g/mol. The van der Waals surface area contributed by atoms with E-state index in [1.54, 1.807) is 5.57 Å². The molecule has 0 aromatic heterocycles. The molecule has 1 N–H and O–H groups in total. The molecule has 0 aromatic carbocycles. The zero-order chi connectivity index (χ0) is 15.0. The maximum Gasteiger partial charge on any atom is 0.0550 e. The molecule has 21 heavy (non-hydrogen) atoms. The van der Waals surface area contributed by atoms with Crippen LogP contribution in [0, 0.1) is 34.0 Å². The molecule has 1 spiro atoms. The van der Waals surface area contributed by atoms with E-state index in [2.05, 4.69) is 33.8 Å². The van der Waals surface area contributed by atoms with Crippen molar-refractivity contribution in [2.24, 2.45) is 34.0 Å². The van der Waals surface area contributed by atoms with Crippen LogP contribution in [0.4, 0.5) is 0 Å². The van der Waals surface area contributed by atoms with Crippen LogP contribution in [0.2, 0.25) is 0 Å². The van der Waals surface area contributed by atoms with Crippen molar-refractivity contribution in [2.45, 2.75) is 78.7 Å². The van der Waals surface area contributed by atoms with Gasteiger partial charge in [0.2, 0.25) is 0 Å². The van der Waals surface area contributed by atoms with Gasteiger partial charge in [0, 0.05) is 0 Å². The van der Waals surface area contributed by atoms with Gasteiger partial charge in [0.05, 0.1) is 6.10 Å². The lowest BCUT2D eigenvalue weighted by Gasteiger charge is -2.64. The van der Waals surface area contributed by atoms with Crippen LogP contribution in [-0.2, 0) is 0 Å². The van der Waals surface area contributed by atoms with Gasteiger partial charge in [-0.3, -0.25) is 0 Å². The van der Waals surface area contributed by atoms with E-state index in [0.29, 0.717) is 16.2 Å². The maximum atomic E-state index is 10.5. The number of allylic oxidation sites excluding steroid dienone is 2. The third kappa shape index (κ3) is 1.79. The Balaban J connectivity index is 1.77. The average Bonchev–Trinajstić information content (AvgIpc) is 2.57. The lowest BCUT2D eigenvalue weighted by Crippen LogP contribution is -2.58. The molecule has 4 aliphatic rings. The van der Waals surface area contributed by atoms with Crippen molar-refractivity contribution in [1.82, 2.24) is 0 Å². The van der Waals surface area contributed by atoms with Crippen LogP contribution in [0.5, 0.6) is 0 Å². The molecule has 0 amide bonds. The van der Waals surface area contributed by atoms with Crippen LogP contribution in [0.1, 0.15) is 72.6 Å². The molecule has 6 atom stereocenters. The Morgan fingerprint density at radius 2 is 1.76 bits per heavy atom. The molecule has 0 unspecified atom stereocenters. The van der Waals surface area contributed by atoms with Crippen LogP contribution in [0.3, 0.4) is 0 Å². The Kier molecular flexibility index (Phi) is 2.83. The van der Waals surface area contributed by atoms with Gasteiger partial charge in [0.1, 0.15) is 0 Å². The Bertz CT molecular complexity index is 490. The second kappa shape index (κ2) is 4.16. The minimum atomic E-state index is -0.0828. The minimum absolute atomic E-state index is 0.0828. The number of aliphatic hydroxyl groups excluding tert-OH is 1. The highest BCUT2D eigenvalue weighted by Crippen LogP contribution is 2.70. The van der Waals surface area contributed by atoms with Gasteiger partial charge in [-0.15, -0.1) is 0 Å². The topological polar surface area (TPSA) is 20.2 Å². The van der Waals surface area contributed by atoms with Gasteiger partial charge < -0.3 is 5.11 Å². The van der Waals surface area contributed by atoms with Crippen molar-refractivity contribution >= 4 is 0 Å². The molecule has 3 fully saturated rings. The van der Waals surface area contributed by atoms with Crippen LogP contribution in [0.25, 0.3) is 0 Å². The summed E-state index contributed by atoms with van der Waals surface area (Å²) in [5.41, 5.74) is 2.83. The second-order valence-electron chi connectivity index (χ2n) is 9.80. The minimum Gasteiger partial charge on any atom is -0.393 e. The Labute approximate surface area is 130 Å². The summed E-state index contributed by atoms with van der Waals surface area (Å²) in [6.07, 6.45) is 11.7. The molecule has 2 bridgehead atoms. The first kappa shape index (κ1) is 14.3. The largest absolute Gasteiger partial charge is 0.393 e. The highest BCUT2D eigenvalue weighted by molar-refractivity contribution is 5.27. The van der Waals surface area contributed by atoms with Crippen molar-refractivity contribution in [2.75, 3.05) is 0 Å². The Morgan fingerprint density at radius 3 is 2.52 bits per heavy atom. The van der Waals surface area contributed by atoms with E-state index in [0.717, 1.165) is 30.6 Å². The molecule has 0 saturated heterocycles. The number of hydrogen-bond acceptors (Lipinski definition) is 1. The predicted octanol–water partition coefficient (Wildman–Crippen LogP) is 4.95. The predicted molar refractivity (Wildman–Crippen MR) is 86.9 cm³/mol. The van der Waals surface area contributed by atoms with E-state index < -0.39 is 0 Å². The van der Waals surface area contributed by atoms with E-state index in [1.165, 1.54) is 32.1 Å². The first-order valence-electron chi connectivity index (χ1n) is 9.14. The fraction of sp³-hybridized carbons (Fsp3) is 0.900. The summed E-state index contributed by atoms with van der Waals surface area (Å²) in [5.74, 6) is 2.49. The van der Waals surface area contributed by atoms with E-state index in [1.807, 2.05) is 0 Å². The smallest absolute Gasteiger partial charge is 0.0550 e. The first-order valence-corrected chi connectivity index (χ1v) is 9.14. The molecule has 0 aromatic rings. The van der Waals surface area contributed by atoms with Crippen LogP contribution >= 0.6 is 0 Å². The summed E-state index contributed by atoms with van der Waals surface area (Å²) in [6.45, 7) is 9.74. The first-order chi connectivity index (χ1) is 9.77. The maximum absolute atomic E-state index is 10.5. The van der Waals surface area contributed by atoms with Gasteiger partial charge in [-0.25, -0.2) is 0 Å². The van der Waals surface area contributed by atoms with Gasteiger partial charge in [-0.2, -0.15) is 0 Å². The molecule has 0 radical (unpaired) electrons. The molecule has 1 heteroatoms. The molecule has 0 aliphatic heterocycles. The number of aliphatic hydroxyl groups is 1. The van der Waals surface area contributed by atoms with E-state index in [4.69, 9.17) is 0 Å². The van der Waals surface area contributed by atoms with Crippen molar-refractivity contribution in [3.8, 4) is 0 Å².